The lowest BCUT2D eigenvalue weighted by atomic mass is 10.1. The van der Waals surface area contributed by atoms with Crippen molar-refractivity contribution in [2.45, 2.75) is 96.9 Å². The average Bonchev–Trinajstić information content (AvgIpc) is 2.68. The average molecular weight is 390 g/mol. The molecular formula is C26H49N2+. The molecule has 0 fully saturated rings. The zero-order chi connectivity index (χ0) is 20.3. The topological polar surface area (TPSA) is 12.0 Å². The molecule has 1 aromatic rings. The van der Waals surface area contributed by atoms with Gasteiger partial charge < -0.3 is 9.80 Å². The lowest BCUT2D eigenvalue weighted by Crippen LogP contribution is -2.40. The third-order valence-electron chi connectivity index (χ3n) is 5.78. The summed E-state index contributed by atoms with van der Waals surface area (Å²) in [6.07, 6.45) is 18.4. The monoisotopic (exact) mass is 389 g/mol. The third kappa shape index (κ3) is 15.1. The second-order valence-corrected chi connectivity index (χ2v) is 9.30. The number of quaternary nitrogens is 1. The molecule has 28 heavy (non-hydrogen) atoms. The lowest BCUT2D eigenvalue weighted by Gasteiger charge is -2.30. The Labute approximate surface area is 176 Å². The Balaban J connectivity index is 1.83. The highest BCUT2D eigenvalue weighted by Crippen LogP contribution is 2.12. The first-order valence-electron chi connectivity index (χ1n) is 12.2. The molecular weight excluding hydrogens is 340 g/mol. The van der Waals surface area contributed by atoms with E-state index in [4.69, 9.17) is 0 Å². The van der Waals surface area contributed by atoms with Crippen LogP contribution < -0.4 is 5.32 Å². The van der Waals surface area contributed by atoms with E-state index >= 15 is 0 Å². The van der Waals surface area contributed by atoms with Gasteiger partial charge in [-0.25, -0.2) is 0 Å². The maximum absolute atomic E-state index is 3.65. The molecule has 0 aliphatic heterocycles. The standard InChI is InChI=1S/C26H49N2/c1-4-5-6-7-8-9-10-11-12-13-14-18-22-27-23-19-24-28(2,3)25-26-20-16-15-17-21-26/h15-17,20-21,27H,4-14,18-19,22-25H2,1-3H3/q+1. The highest BCUT2D eigenvalue weighted by atomic mass is 15.3. The molecule has 0 bridgehead atoms. The van der Waals surface area contributed by atoms with Gasteiger partial charge in [-0.1, -0.05) is 108 Å². The summed E-state index contributed by atoms with van der Waals surface area (Å²) in [4.78, 5) is 0. The molecule has 1 aromatic carbocycles. The van der Waals surface area contributed by atoms with Crippen molar-refractivity contribution in [2.75, 3.05) is 33.7 Å². The highest BCUT2D eigenvalue weighted by molar-refractivity contribution is 5.13. The van der Waals surface area contributed by atoms with Crippen LogP contribution in [0.4, 0.5) is 0 Å². The Hall–Kier alpha value is -0.860. The van der Waals surface area contributed by atoms with Gasteiger partial charge in [0.05, 0.1) is 20.6 Å². The number of rotatable bonds is 19. The number of nitrogens with zero attached hydrogens (tertiary/aromatic N) is 1. The van der Waals surface area contributed by atoms with Crippen molar-refractivity contribution in [3.05, 3.63) is 35.9 Å². The normalized spacial score (nSPS) is 11.8. The van der Waals surface area contributed by atoms with Gasteiger partial charge in [-0.05, 0) is 13.0 Å². The molecule has 1 rings (SSSR count). The van der Waals surface area contributed by atoms with Crippen molar-refractivity contribution in [1.82, 2.24) is 5.32 Å². The molecule has 0 spiro atoms. The molecule has 0 aromatic heterocycles. The fourth-order valence-corrected chi connectivity index (χ4v) is 4.00. The van der Waals surface area contributed by atoms with Gasteiger partial charge >= 0.3 is 0 Å². The molecule has 0 aliphatic rings. The first-order chi connectivity index (χ1) is 13.6. The van der Waals surface area contributed by atoms with Crippen LogP contribution in [-0.4, -0.2) is 38.2 Å². The third-order valence-corrected chi connectivity index (χ3v) is 5.78. The zero-order valence-corrected chi connectivity index (χ0v) is 19.4. The smallest absolute Gasteiger partial charge is 0.104 e. The van der Waals surface area contributed by atoms with Crippen molar-refractivity contribution >= 4 is 0 Å². The molecule has 1 N–H and O–H groups in total. The van der Waals surface area contributed by atoms with E-state index in [0.29, 0.717) is 0 Å². The van der Waals surface area contributed by atoms with Crippen LogP contribution in [0.3, 0.4) is 0 Å². The van der Waals surface area contributed by atoms with Crippen molar-refractivity contribution in [1.29, 1.82) is 0 Å². The number of nitrogens with one attached hydrogen (secondary N) is 1. The van der Waals surface area contributed by atoms with Crippen LogP contribution in [-0.2, 0) is 6.54 Å². The second kappa shape index (κ2) is 17.0. The Kier molecular flexibility index (Phi) is 15.3. The van der Waals surface area contributed by atoms with Gasteiger partial charge in [-0.2, -0.15) is 0 Å². The fraction of sp³-hybridized carbons (Fsp3) is 0.769. The first-order valence-corrected chi connectivity index (χ1v) is 12.2. The van der Waals surface area contributed by atoms with Crippen LogP contribution in [0.1, 0.15) is 96.0 Å². The molecule has 2 heteroatoms. The second-order valence-electron chi connectivity index (χ2n) is 9.30. The molecule has 0 saturated carbocycles. The van der Waals surface area contributed by atoms with E-state index in [1.165, 1.54) is 102 Å². The van der Waals surface area contributed by atoms with Gasteiger partial charge in [0, 0.05) is 18.5 Å². The lowest BCUT2D eigenvalue weighted by molar-refractivity contribution is -0.903. The number of hydrogen-bond donors (Lipinski definition) is 1. The molecule has 162 valence electrons. The minimum absolute atomic E-state index is 1.07. The van der Waals surface area contributed by atoms with Crippen LogP contribution >= 0.6 is 0 Å². The van der Waals surface area contributed by atoms with Gasteiger partial charge in [0.1, 0.15) is 6.54 Å². The van der Waals surface area contributed by atoms with E-state index in [9.17, 15) is 0 Å². The predicted molar refractivity (Wildman–Crippen MR) is 126 cm³/mol. The van der Waals surface area contributed by atoms with E-state index in [1.807, 2.05) is 0 Å². The Morgan fingerprint density at radius 2 is 1.14 bits per heavy atom. The van der Waals surface area contributed by atoms with Crippen molar-refractivity contribution in [3.63, 3.8) is 0 Å². The van der Waals surface area contributed by atoms with Gasteiger partial charge in [-0.15, -0.1) is 0 Å². The quantitative estimate of drug-likeness (QED) is 0.199. The Morgan fingerprint density at radius 1 is 0.643 bits per heavy atom. The van der Waals surface area contributed by atoms with E-state index in [2.05, 4.69) is 56.7 Å². The van der Waals surface area contributed by atoms with Gasteiger partial charge in [-0.3, -0.25) is 0 Å². The molecule has 0 heterocycles. The van der Waals surface area contributed by atoms with E-state index in [1.54, 1.807) is 0 Å². The first kappa shape index (κ1) is 25.2. The summed E-state index contributed by atoms with van der Waals surface area (Å²) in [5.41, 5.74) is 1.44. The SMILES string of the molecule is CCCCCCCCCCCCCCNCCC[N+](C)(C)Cc1ccccc1. The summed E-state index contributed by atoms with van der Waals surface area (Å²) in [6, 6.07) is 10.9. The minimum Gasteiger partial charge on any atom is -0.325 e. The number of unbranched alkanes of at least 4 members (excludes halogenated alkanes) is 11. The summed E-state index contributed by atoms with van der Waals surface area (Å²) in [6.45, 7) is 7.01. The van der Waals surface area contributed by atoms with Gasteiger partial charge in [0.2, 0.25) is 0 Å². The molecule has 0 atom stereocenters. The van der Waals surface area contributed by atoms with Crippen molar-refractivity contribution in [2.24, 2.45) is 0 Å². The zero-order valence-electron chi connectivity index (χ0n) is 19.4. The maximum Gasteiger partial charge on any atom is 0.104 e. The highest BCUT2D eigenvalue weighted by Gasteiger charge is 2.14. The molecule has 0 saturated heterocycles. The van der Waals surface area contributed by atoms with Gasteiger partial charge in [0.15, 0.2) is 0 Å². The van der Waals surface area contributed by atoms with Crippen LogP contribution in [0, 0.1) is 0 Å². The predicted octanol–water partition coefficient (Wildman–Crippen LogP) is 6.94. The molecule has 0 aliphatic carbocycles. The van der Waals surface area contributed by atoms with E-state index < -0.39 is 0 Å². The Bertz CT molecular complexity index is 441. The van der Waals surface area contributed by atoms with Crippen LogP contribution in [0.5, 0.6) is 0 Å². The molecule has 2 nitrogen and oxygen atoms in total. The van der Waals surface area contributed by atoms with E-state index in [-0.39, 0.29) is 0 Å². The van der Waals surface area contributed by atoms with Crippen LogP contribution in [0.15, 0.2) is 30.3 Å². The number of hydrogen-bond acceptors (Lipinski definition) is 1. The summed E-state index contributed by atoms with van der Waals surface area (Å²) in [5, 5.41) is 3.65. The molecule has 0 radical (unpaired) electrons. The summed E-state index contributed by atoms with van der Waals surface area (Å²) in [5.74, 6) is 0. The van der Waals surface area contributed by atoms with Crippen LogP contribution in [0.25, 0.3) is 0 Å². The van der Waals surface area contributed by atoms with E-state index in [0.717, 1.165) is 17.6 Å². The van der Waals surface area contributed by atoms with Crippen molar-refractivity contribution in [3.8, 4) is 0 Å². The van der Waals surface area contributed by atoms with Gasteiger partial charge in [0.25, 0.3) is 0 Å². The molecule has 0 unspecified atom stereocenters. The maximum atomic E-state index is 3.65. The van der Waals surface area contributed by atoms with Crippen molar-refractivity contribution < 1.29 is 4.48 Å². The molecule has 0 amide bonds. The van der Waals surface area contributed by atoms with Crippen LogP contribution in [0.2, 0.25) is 0 Å². The summed E-state index contributed by atoms with van der Waals surface area (Å²) < 4.78 is 1.07. The fourth-order valence-electron chi connectivity index (χ4n) is 4.00. The minimum atomic E-state index is 1.07. The Morgan fingerprint density at radius 3 is 1.71 bits per heavy atom. The summed E-state index contributed by atoms with van der Waals surface area (Å²) in [7, 11) is 4.69. The summed E-state index contributed by atoms with van der Waals surface area (Å²) >= 11 is 0. The largest absolute Gasteiger partial charge is 0.325 e. The number of benzene rings is 1.